The average Bonchev–Trinajstić information content (AvgIpc) is 2.52. The predicted octanol–water partition coefficient (Wildman–Crippen LogP) is 1.57. The Bertz CT molecular complexity index is 558. The van der Waals surface area contributed by atoms with Gasteiger partial charge in [-0.2, -0.15) is 0 Å². The number of hydrogen-bond acceptors (Lipinski definition) is 4. The molecule has 1 aromatic carbocycles. The zero-order chi connectivity index (χ0) is 18.3. The van der Waals surface area contributed by atoms with Crippen molar-refractivity contribution in [3.05, 3.63) is 29.8 Å². The average molecular weight is 335 g/mol. The molecule has 0 fully saturated rings. The largest absolute Gasteiger partial charge is 0.496 e. The fourth-order valence-corrected chi connectivity index (χ4v) is 2.57. The van der Waals surface area contributed by atoms with E-state index < -0.39 is 6.04 Å². The van der Waals surface area contributed by atoms with Crippen LogP contribution in [0, 0.1) is 5.92 Å². The van der Waals surface area contributed by atoms with Crippen LogP contribution in [0.4, 0.5) is 0 Å². The first kappa shape index (κ1) is 20.0. The van der Waals surface area contributed by atoms with Gasteiger partial charge in [0.1, 0.15) is 11.8 Å². The first-order valence-corrected chi connectivity index (χ1v) is 8.12. The van der Waals surface area contributed by atoms with Gasteiger partial charge in [-0.15, -0.1) is 0 Å². The number of benzene rings is 1. The molecule has 0 bridgehead atoms. The number of methoxy groups -OCH3 is 1. The number of carbonyl (C=O) groups excluding carboxylic acids is 2. The molecular weight excluding hydrogens is 306 g/mol. The topological polar surface area (TPSA) is 70.7 Å². The number of hydrogen-bond donors (Lipinski definition) is 2. The monoisotopic (exact) mass is 335 g/mol. The van der Waals surface area contributed by atoms with Crippen molar-refractivity contribution >= 4 is 11.8 Å². The predicted molar refractivity (Wildman–Crippen MR) is 94.9 cm³/mol. The smallest absolute Gasteiger partial charge is 0.242 e. The van der Waals surface area contributed by atoms with E-state index in [1.807, 2.05) is 57.1 Å². The van der Waals surface area contributed by atoms with Crippen LogP contribution in [0.1, 0.15) is 32.4 Å². The third-order valence-corrected chi connectivity index (χ3v) is 3.90. The highest BCUT2D eigenvalue weighted by Crippen LogP contribution is 2.27. The molecule has 1 aromatic rings. The van der Waals surface area contributed by atoms with Crippen LogP contribution in [0.5, 0.6) is 5.75 Å². The number of ether oxygens (including phenoxy) is 1. The van der Waals surface area contributed by atoms with E-state index >= 15 is 0 Å². The maximum absolute atomic E-state index is 12.5. The van der Waals surface area contributed by atoms with Gasteiger partial charge in [-0.3, -0.25) is 9.59 Å². The molecule has 6 heteroatoms. The Hall–Kier alpha value is -2.08. The lowest BCUT2D eigenvalue weighted by molar-refractivity contribution is -0.129. The number of para-hydroxylation sites is 1. The SMILES string of the molecule is COc1ccccc1C(CNC(=O)C(NC(C)=O)C(C)C)N(C)C. The van der Waals surface area contributed by atoms with Crippen LogP contribution in [-0.4, -0.2) is 50.5 Å². The van der Waals surface area contributed by atoms with Crippen LogP contribution in [-0.2, 0) is 9.59 Å². The van der Waals surface area contributed by atoms with Gasteiger partial charge in [0.25, 0.3) is 0 Å². The molecule has 1 rings (SSSR count). The van der Waals surface area contributed by atoms with Crippen molar-refractivity contribution in [2.24, 2.45) is 5.92 Å². The molecule has 24 heavy (non-hydrogen) atoms. The van der Waals surface area contributed by atoms with Gasteiger partial charge in [0.05, 0.1) is 13.2 Å². The lowest BCUT2D eigenvalue weighted by Gasteiger charge is -2.28. The van der Waals surface area contributed by atoms with Crippen molar-refractivity contribution in [3.63, 3.8) is 0 Å². The van der Waals surface area contributed by atoms with Crippen molar-refractivity contribution < 1.29 is 14.3 Å². The van der Waals surface area contributed by atoms with Crippen LogP contribution in [0.15, 0.2) is 24.3 Å². The van der Waals surface area contributed by atoms with Gasteiger partial charge >= 0.3 is 0 Å². The number of likely N-dealkylation sites (N-methyl/N-ethyl adjacent to an activating group) is 1. The minimum Gasteiger partial charge on any atom is -0.496 e. The minimum atomic E-state index is -0.539. The molecule has 0 saturated carbocycles. The van der Waals surface area contributed by atoms with Gasteiger partial charge < -0.3 is 20.3 Å². The first-order valence-electron chi connectivity index (χ1n) is 8.12. The molecule has 2 amide bonds. The van der Waals surface area contributed by atoms with E-state index in [0.717, 1.165) is 11.3 Å². The Balaban J connectivity index is 2.86. The second-order valence-electron chi connectivity index (χ2n) is 6.39. The third-order valence-electron chi connectivity index (χ3n) is 3.90. The normalized spacial score (nSPS) is 13.5. The third kappa shape index (κ3) is 5.53. The quantitative estimate of drug-likeness (QED) is 0.757. The van der Waals surface area contributed by atoms with Crippen LogP contribution < -0.4 is 15.4 Å². The van der Waals surface area contributed by atoms with Crippen molar-refractivity contribution in [2.75, 3.05) is 27.7 Å². The van der Waals surface area contributed by atoms with E-state index in [-0.39, 0.29) is 23.8 Å². The maximum Gasteiger partial charge on any atom is 0.242 e. The highest BCUT2D eigenvalue weighted by atomic mass is 16.5. The summed E-state index contributed by atoms with van der Waals surface area (Å²) in [5.74, 6) is 0.408. The summed E-state index contributed by atoms with van der Waals surface area (Å²) in [6.45, 7) is 5.66. The molecule has 0 aromatic heterocycles. The summed E-state index contributed by atoms with van der Waals surface area (Å²) in [4.78, 5) is 25.8. The Morgan fingerprint density at radius 2 is 1.83 bits per heavy atom. The summed E-state index contributed by atoms with van der Waals surface area (Å²) in [6.07, 6.45) is 0. The van der Waals surface area contributed by atoms with Crippen molar-refractivity contribution in [1.29, 1.82) is 0 Å². The summed E-state index contributed by atoms with van der Waals surface area (Å²) in [6, 6.07) is 7.19. The molecular formula is C18H29N3O3. The van der Waals surface area contributed by atoms with Gasteiger partial charge in [0.2, 0.25) is 11.8 Å². The molecule has 0 saturated heterocycles. The maximum atomic E-state index is 12.5. The van der Waals surface area contributed by atoms with Crippen LogP contribution in [0.2, 0.25) is 0 Å². The number of rotatable bonds is 8. The molecule has 0 heterocycles. The molecule has 0 aliphatic carbocycles. The van der Waals surface area contributed by atoms with Crippen LogP contribution in [0.3, 0.4) is 0 Å². The van der Waals surface area contributed by atoms with Gasteiger partial charge in [-0.25, -0.2) is 0 Å². The van der Waals surface area contributed by atoms with E-state index in [9.17, 15) is 9.59 Å². The Kier molecular flexibility index (Phi) is 7.71. The molecule has 2 atom stereocenters. The van der Waals surface area contributed by atoms with E-state index in [0.29, 0.717) is 6.54 Å². The summed E-state index contributed by atoms with van der Waals surface area (Å²) in [5, 5.41) is 5.65. The number of nitrogens with zero attached hydrogens (tertiary/aromatic N) is 1. The number of amides is 2. The fraction of sp³-hybridized carbons (Fsp3) is 0.556. The molecule has 2 N–H and O–H groups in total. The van der Waals surface area contributed by atoms with E-state index in [2.05, 4.69) is 10.6 Å². The zero-order valence-corrected chi connectivity index (χ0v) is 15.4. The number of carbonyl (C=O) groups is 2. The van der Waals surface area contributed by atoms with Crippen molar-refractivity contribution in [2.45, 2.75) is 32.9 Å². The first-order chi connectivity index (χ1) is 11.3. The summed E-state index contributed by atoms with van der Waals surface area (Å²) >= 11 is 0. The second kappa shape index (κ2) is 9.27. The summed E-state index contributed by atoms with van der Waals surface area (Å²) in [7, 11) is 5.55. The van der Waals surface area contributed by atoms with Gasteiger partial charge in [0.15, 0.2) is 0 Å². The molecule has 0 aliphatic heterocycles. The Labute approximate surface area is 144 Å². The minimum absolute atomic E-state index is 0.0120. The highest BCUT2D eigenvalue weighted by molar-refractivity contribution is 5.87. The van der Waals surface area contributed by atoms with E-state index in [1.54, 1.807) is 7.11 Å². The van der Waals surface area contributed by atoms with E-state index in [1.165, 1.54) is 6.92 Å². The highest BCUT2D eigenvalue weighted by Gasteiger charge is 2.25. The summed E-state index contributed by atoms with van der Waals surface area (Å²) in [5.41, 5.74) is 1.01. The zero-order valence-electron chi connectivity index (χ0n) is 15.4. The summed E-state index contributed by atoms with van der Waals surface area (Å²) < 4.78 is 5.43. The molecule has 0 aliphatic rings. The van der Waals surface area contributed by atoms with Gasteiger partial charge in [-0.1, -0.05) is 32.0 Å². The van der Waals surface area contributed by atoms with Crippen molar-refractivity contribution in [1.82, 2.24) is 15.5 Å². The molecule has 0 spiro atoms. The van der Waals surface area contributed by atoms with Gasteiger partial charge in [0, 0.05) is 19.0 Å². The fourth-order valence-electron chi connectivity index (χ4n) is 2.57. The Morgan fingerprint density at radius 3 is 2.33 bits per heavy atom. The molecule has 134 valence electrons. The molecule has 6 nitrogen and oxygen atoms in total. The lowest BCUT2D eigenvalue weighted by atomic mass is 10.0. The standard InChI is InChI=1S/C18H29N3O3/c1-12(2)17(20-13(3)22)18(23)19-11-15(21(4)5)14-9-7-8-10-16(14)24-6/h7-10,12,15,17H,11H2,1-6H3,(H,19,23)(H,20,22). The molecule has 0 radical (unpaired) electrons. The Morgan fingerprint density at radius 1 is 1.21 bits per heavy atom. The second-order valence-corrected chi connectivity index (χ2v) is 6.39. The van der Waals surface area contributed by atoms with Crippen LogP contribution in [0.25, 0.3) is 0 Å². The lowest BCUT2D eigenvalue weighted by Crippen LogP contribution is -2.50. The molecule has 2 unspecified atom stereocenters. The van der Waals surface area contributed by atoms with E-state index in [4.69, 9.17) is 4.74 Å². The van der Waals surface area contributed by atoms with Crippen LogP contribution >= 0.6 is 0 Å². The number of nitrogens with one attached hydrogen (secondary N) is 2. The van der Waals surface area contributed by atoms with Gasteiger partial charge in [-0.05, 0) is 26.1 Å². The van der Waals surface area contributed by atoms with Crippen molar-refractivity contribution in [3.8, 4) is 5.75 Å².